The molecule has 2 aromatic carbocycles. The summed E-state index contributed by atoms with van der Waals surface area (Å²) >= 11 is 1.51. The molecule has 0 unspecified atom stereocenters. The summed E-state index contributed by atoms with van der Waals surface area (Å²) in [7, 11) is 0. The van der Waals surface area contributed by atoms with Crippen molar-refractivity contribution in [2.75, 3.05) is 0 Å². The van der Waals surface area contributed by atoms with Gasteiger partial charge in [-0.1, -0.05) is 36.0 Å². The van der Waals surface area contributed by atoms with E-state index in [9.17, 15) is 0 Å². The smallest absolute Gasteiger partial charge is 0.277 e. The van der Waals surface area contributed by atoms with Crippen molar-refractivity contribution in [1.29, 1.82) is 0 Å². The Hall–Kier alpha value is -3.06. The average Bonchev–Trinajstić information content (AvgIpc) is 3.40. The van der Waals surface area contributed by atoms with Gasteiger partial charge in [-0.3, -0.25) is 0 Å². The van der Waals surface area contributed by atoms with Crippen LogP contribution in [0.15, 0.2) is 70.6 Å². The Bertz CT molecular complexity index is 1040. The summed E-state index contributed by atoms with van der Waals surface area (Å²) in [6, 6.07) is 16.2. The van der Waals surface area contributed by atoms with Crippen molar-refractivity contribution in [3.63, 3.8) is 0 Å². The summed E-state index contributed by atoms with van der Waals surface area (Å²) in [5, 5.41) is 12.9. The number of nitrogens with zero attached hydrogens (tertiary/aromatic N) is 4. The second kappa shape index (κ2) is 8.31. The fraction of sp³-hybridized carbons (Fsp3) is 0.190. The molecule has 28 heavy (non-hydrogen) atoms. The standard InChI is InChI=1S/C21H20N4O2S/c1-15-4-5-16(2)19(12-15)26-13-20-23-24-21(27-20)28-14-17-6-8-18(9-7-17)25-11-3-10-22-25/h3-12H,13-14H2,1-2H3. The van der Waals surface area contributed by atoms with Crippen LogP contribution in [0.3, 0.4) is 0 Å². The molecule has 2 aromatic heterocycles. The average molecular weight is 392 g/mol. The van der Waals surface area contributed by atoms with Gasteiger partial charge in [-0.15, -0.1) is 10.2 Å². The predicted molar refractivity (Wildman–Crippen MR) is 108 cm³/mol. The Balaban J connectivity index is 1.31. The van der Waals surface area contributed by atoms with E-state index in [0.29, 0.717) is 11.1 Å². The van der Waals surface area contributed by atoms with E-state index in [4.69, 9.17) is 9.15 Å². The minimum atomic E-state index is 0.260. The molecule has 0 aliphatic carbocycles. The van der Waals surface area contributed by atoms with E-state index in [2.05, 4.69) is 33.5 Å². The zero-order valence-electron chi connectivity index (χ0n) is 15.7. The second-order valence-electron chi connectivity index (χ2n) is 6.43. The summed E-state index contributed by atoms with van der Waals surface area (Å²) in [5.41, 5.74) is 4.44. The van der Waals surface area contributed by atoms with Crippen molar-refractivity contribution in [2.45, 2.75) is 31.4 Å². The van der Waals surface area contributed by atoms with Gasteiger partial charge < -0.3 is 9.15 Å². The van der Waals surface area contributed by atoms with Crippen LogP contribution in [-0.4, -0.2) is 20.0 Å². The zero-order valence-corrected chi connectivity index (χ0v) is 16.5. The first-order valence-electron chi connectivity index (χ1n) is 8.91. The number of hydrogen-bond acceptors (Lipinski definition) is 6. The van der Waals surface area contributed by atoms with Crippen molar-refractivity contribution >= 4 is 11.8 Å². The third-order valence-electron chi connectivity index (χ3n) is 4.21. The lowest BCUT2D eigenvalue weighted by Crippen LogP contribution is -1.97. The predicted octanol–water partition coefficient (Wildman–Crippen LogP) is 4.74. The number of aromatic nitrogens is 4. The molecule has 142 valence electrons. The normalized spacial score (nSPS) is 10.9. The minimum Gasteiger partial charge on any atom is -0.484 e. The maximum absolute atomic E-state index is 5.81. The van der Waals surface area contributed by atoms with Gasteiger partial charge >= 0.3 is 0 Å². The van der Waals surface area contributed by atoms with Crippen LogP contribution in [0, 0.1) is 13.8 Å². The number of rotatable bonds is 7. The molecule has 0 saturated carbocycles. The minimum absolute atomic E-state index is 0.260. The Morgan fingerprint density at radius 3 is 2.71 bits per heavy atom. The van der Waals surface area contributed by atoms with Gasteiger partial charge in [-0.05, 0) is 54.8 Å². The third kappa shape index (κ3) is 4.43. The Morgan fingerprint density at radius 2 is 1.93 bits per heavy atom. The van der Waals surface area contributed by atoms with Gasteiger partial charge in [0.25, 0.3) is 11.1 Å². The first-order valence-corrected chi connectivity index (χ1v) is 9.90. The topological polar surface area (TPSA) is 66.0 Å². The number of hydrogen-bond donors (Lipinski definition) is 0. The van der Waals surface area contributed by atoms with E-state index in [1.165, 1.54) is 17.3 Å². The highest BCUT2D eigenvalue weighted by molar-refractivity contribution is 7.98. The van der Waals surface area contributed by atoms with Crippen LogP contribution in [0.4, 0.5) is 0 Å². The summed E-state index contributed by atoms with van der Waals surface area (Å²) in [5.74, 6) is 2.06. The van der Waals surface area contributed by atoms with Crippen LogP contribution in [0.25, 0.3) is 5.69 Å². The Kier molecular flexibility index (Phi) is 5.43. The van der Waals surface area contributed by atoms with Gasteiger partial charge in [-0.2, -0.15) is 5.10 Å². The molecule has 0 spiro atoms. The molecule has 0 bridgehead atoms. The molecule has 0 N–H and O–H groups in total. The highest BCUT2D eigenvalue weighted by Gasteiger charge is 2.09. The van der Waals surface area contributed by atoms with Crippen molar-refractivity contribution in [2.24, 2.45) is 0 Å². The van der Waals surface area contributed by atoms with Crippen LogP contribution >= 0.6 is 11.8 Å². The maximum Gasteiger partial charge on any atom is 0.277 e. The Labute approximate surface area is 167 Å². The van der Waals surface area contributed by atoms with E-state index in [-0.39, 0.29) is 6.61 Å². The van der Waals surface area contributed by atoms with Crippen molar-refractivity contribution in [1.82, 2.24) is 20.0 Å². The van der Waals surface area contributed by atoms with Crippen molar-refractivity contribution in [3.05, 3.63) is 83.5 Å². The number of ether oxygens (including phenoxy) is 1. The van der Waals surface area contributed by atoms with Crippen LogP contribution in [0.2, 0.25) is 0 Å². The summed E-state index contributed by atoms with van der Waals surface area (Å²) in [4.78, 5) is 0. The molecule has 0 saturated heterocycles. The molecule has 0 aliphatic heterocycles. The molecule has 4 aromatic rings. The summed E-state index contributed by atoms with van der Waals surface area (Å²) in [6.07, 6.45) is 3.69. The van der Waals surface area contributed by atoms with E-state index in [1.807, 2.05) is 55.1 Å². The first-order chi connectivity index (χ1) is 13.7. The third-order valence-corrected chi connectivity index (χ3v) is 5.10. The largest absolute Gasteiger partial charge is 0.484 e. The van der Waals surface area contributed by atoms with E-state index in [1.54, 1.807) is 6.20 Å². The lowest BCUT2D eigenvalue weighted by atomic mass is 10.1. The summed E-state index contributed by atoms with van der Waals surface area (Å²) in [6.45, 7) is 4.31. The first kappa shape index (κ1) is 18.3. The number of thioether (sulfide) groups is 1. The number of benzene rings is 2. The summed E-state index contributed by atoms with van der Waals surface area (Å²) < 4.78 is 13.3. The van der Waals surface area contributed by atoms with Gasteiger partial charge in [0.2, 0.25) is 0 Å². The molecule has 7 heteroatoms. The molecule has 0 fully saturated rings. The van der Waals surface area contributed by atoms with Crippen LogP contribution in [0.5, 0.6) is 5.75 Å². The molecular weight excluding hydrogens is 372 g/mol. The van der Waals surface area contributed by atoms with Gasteiger partial charge in [0.15, 0.2) is 6.61 Å². The highest BCUT2D eigenvalue weighted by atomic mass is 32.2. The van der Waals surface area contributed by atoms with E-state index >= 15 is 0 Å². The fourth-order valence-corrected chi connectivity index (χ4v) is 3.40. The second-order valence-corrected chi connectivity index (χ2v) is 7.35. The van der Waals surface area contributed by atoms with Gasteiger partial charge in [0.05, 0.1) is 5.69 Å². The monoisotopic (exact) mass is 392 g/mol. The van der Waals surface area contributed by atoms with Gasteiger partial charge in [0, 0.05) is 18.1 Å². The molecular formula is C21H20N4O2S. The molecule has 2 heterocycles. The molecule has 0 amide bonds. The lowest BCUT2D eigenvalue weighted by molar-refractivity contribution is 0.250. The fourth-order valence-electron chi connectivity index (χ4n) is 2.67. The van der Waals surface area contributed by atoms with Gasteiger partial charge in [-0.25, -0.2) is 4.68 Å². The van der Waals surface area contributed by atoms with Crippen molar-refractivity contribution in [3.8, 4) is 11.4 Å². The number of aryl methyl sites for hydroxylation is 2. The Morgan fingerprint density at radius 1 is 1.07 bits per heavy atom. The molecule has 6 nitrogen and oxygen atoms in total. The molecule has 0 atom stereocenters. The van der Waals surface area contributed by atoms with Crippen LogP contribution in [-0.2, 0) is 12.4 Å². The zero-order chi connectivity index (χ0) is 19.3. The molecule has 4 rings (SSSR count). The SMILES string of the molecule is Cc1ccc(C)c(OCc2nnc(SCc3ccc(-n4cccn4)cc3)o2)c1. The highest BCUT2D eigenvalue weighted by Crippen LogP contribution is 2.24. The van der Waals surface area contributed by atoms with Gasteiger partial charge in [0.1, 0.15) is 5.75 Å². The quantitative estimate of drug-likeness (QED) is 0.423. The van der Waals surface area contributed by atoms with Crippen LogP contribution in [0.1, 0.15) is 22.6 Å². The van der Waals surface area contributed by atoms with Crippen molar-refractivity contribution < 1.29 is 9.15 Å². The van der Waals surface area contributed by atoms with E-state index < -0.39 is 0 Å². The lowest BCUT2D eigenvalue weighted by Gasteiger charge is -2.07. The molecule has 0 radical (unpaired) electrons. The van der Waals surface area contributed by atoms with E-state index in [0.717, 1.165) is 28.3 Å². The maximum atomic E-state index is 5.81. The molecule has 0 aliphatic rings. The van der Waals surface area contributed by atoms with Crippen LogP contribution < -0.4 is 4.74 Å².